The van der Waals surface area contributed by atoms with Gasteiger partial charge in [0.15, 0.2) is 5.65 Å². The van der Waals surface area contributed by atoms with Crippen molar-refractivity contribution in [1.29, 1.82) is 0 Å². The van der Waals surface area contributed by atoms with Crippen molar-refractivity contribution in [3.05, 3.63) is 17.7 Å². The highest BCUT2D eigenvalue weighted by atomic mass is 15.3. The van der Waals surface area contributed by atoms with Gasteiger partial charge in [0.1, 0.15) is 11.5 Å². The summed E-state index contributed by atoms with van der Waals surface area (Å²) < 4.78 is 1.69. The number of terminal acetylenes is 1. The first-order valence-corrected chi connectivity index (χ1v) is 3.85. The van der Waals surface area contributed by atoms with E-state index in [0.717, 1.165) is 11.0 Å². The molecule has 0 unspecified atom stereocenters. The Hall–Kier alpha value is -1.89. The molecule has 0 saturated heterocycles. The van der Waals surface area contributed by atoms with E-state index in [1.54, 1.807) is 10.9 Å². The zero-order valence-corrected chi connectivity index (χ0v) is 7.44. The summed E-state index contributed by atoms with van der Waals surface area (Å²) >= 11 is 0. The van der Waals surface area contributed by atoms with Crippen LogP contribution in [0.1, 0.15) is 11.5 Å². The number of hydrogen-bond acceptors (Lipinski definition) is 3. The molecule has 2 heterocycles. The third-order valence-electron chi connectivity index (χ3n) is 1.84. The summed E-state index contributed by atoms with van der Waals surface area (Å²) in [5.74, 6) is 3.19. The summed E-state index contributed by atoms with van der Waals surface area (Å²) in [4.78, 5) is 8.37. The molecule has 0 aliphatic heterocycles. The third-order valence-corrected chi connectivity index (χ3v) is 1.84. The molecule has 2 aromatic rings. The third kappa shape index (κ3) is 1.05. The first kappa shape index (κ1) is 7.74. The SMILES string of the molecule is C#Cc1nc(C)nc2c1cnn2C. The molecule has 0 saturated carbocycles. The standard InChI is InChI=1S/C9H8N4/c1-4-8-7-5-10-13(3)9(7)12-6(2)11-8/h1,5H,2-3H3. The molecular formula is C9H8N4. The Morgan fingerprint density at radius 3 is 2.92 bits per heavy atom. The molecule has 0 bridgehead atoms. The van der Waals surface area contributed by atoms with Crippen molar-refractivity contribution in [3.8, 4) is 12.3 Å². The van der Waals surface area contributed by atoms with Gasteiger partial charge in [0.05, 0.1) is 11.6 Å². The van der Waals surface area contributed by atoms with Crippen molar-refractivity contribution < 1.29 is 0 Å². The molecule has 2 aromatic heterocycles. The van der Waals surface area contributed by atoms with Gasteiger partial charge >= 0.3 is 0 Å². The zero-order valence-electron chi connectivity index (χ0n) is 7.44. The lowest BCUT2D eigenvalue weighted by atomic mass is 10.3. The molecule has 2 rings (SSSR count). The van der Waals surface area contributed by atoms with Crippen LogP contribution in [0, 0.1) is 19.3 Å². The van der Waals surface area contributed by atoms with E-state index in [-0.39, 0.29) is 0 Å². The van der Waals surface area contributed by atoms with E-state index >= 15 is 0 Å². The molecule has 0 aromatic carbocycles. The van der Waals surface area contributed by atoms with Crippen molar-refractivity contribution in [2.24, 2.45) is 7.05 Å². The lowest BCUT2D eigenvalue weighted by molar-refractivity contribution is 0.782. The van der Waals surface area contributed by atoms with Crippen molar-refractivity contribution in [2.75, 3.05) is 0 Å². The maximum absolute atomic E-state index is 5.32. The topological polar surface area (TPSA) is 43.6 Å². The Balaban J connectivity index is 2.94. The van der Waals surface area contributed by atoms with Gasteiger partial charge in [0.25, 0.3) is 0 Å². The Bertz CT molecular complexity index is 504. The second kappa shape index (κ2) is 2.56. The second-order valence-corrected chi connectivity index (χ2v) is 2.77. The van der Waals surface area contributed by atoms with E-state index in [2.05, 4.69) is 21.0 Å². The molecule has 0 radical (unpaired) electrons. The molecule has 0 fully saturated rings. The van der Waals surface area contributed by atoms with E-state index in [1.807, 2.05) is 14.0 Å². The highest BCUT2D eigenvalue weighted by Crippen LogP contribution is 2.13. The Kier molecular flexibility index (Phi) is 1.52. The minimum absolute atomic E-state index is 0.607. The number of fused-ring (bicyclic) bond motifs is 1. The average Bonchev–Trinajstić information content (AvgIpc) is 2.47. The lowest BCUT2D eigenvalue weighted by Gasteiger charge is -1.97. The van der Waals surface area contributed by atoms with Gasteiger partial charge in [-0.25, -0.2) is 9.97 Å². The van der Waals surface area contributed by atoms with Gasteiger partial charge in [-0.3, -0.25) is 4.68 Å². The van der Waals surface area contributed by atoms with Crippen LogP contribution in [0.4, 0.5) is 0 Å². The maximum Gasteiger partial charge on any atom is 0.162 e. The van der Waals surface area contributed by atoms with Crippen LogP contribution in [0.2, 0.25) is 0 Å². The number of rotatable bonds is 0. The van der Waals surface area contributed by atoms with Gasteiger partial charge in [0, 0.05) is 7.05 Å². The van der Waals surface area contributed by atoms with Crippen molar-refractivity contribution >= 4 is 11.0 Å². The van der Waals surface area contributed by atoms with Gasteiger partial charge < -0.3 is 0 Å². The van der Waals surface area contributed by atoms with E-state index in [1.165, 1.54) is 0 Å². The first-order chi connectivity index (χ1) is 6.22. The highest BCUT2D eigenvalue weighted by molar-refractivity contribution is 5.79. The predicted molar refractivity (Wildman–Crippen MR) is 49.0 cm³/mol. The van der Waals surface area contributed by atoms with Gasteiger partial charge in [-0.1, -0.05) is 0 Å². The van der Waals surface area contributed by atoms with Crippen LogP contribution in [0.25, 0.3) is 11.0 Å². The molecule has 0 N–H and O–H groups in total. The van der Waals surface area contributed by atoms with Crippen LogP contribution >= 0.6 is 0 Å². The number of aromatic nitrogens is 4. The summed E-state index contributed by atoms with van der Waals surface area (Å²) in [5, 5.41) is 4.89. The predicted octanol–water partition coefficient (Wildman–Crippen LogP) is 0.653. The summed E-state index contributed by atoms with van der Waals surface area (Å²) in [7, 11) is 1.83. The molecule has 64 valence electrons. The smallest absolute Gasteiger partial charge is 0.162 e. The summed E-state index contributed by atoms with van der Waals surface area (Å²) in [6.45, 7) is 1.81. The van der Waals surface area contributed by atoms with Crippen LogP contribution in [-0.4, -0.2) is 19.7 Å². The Morgan fingerprint density at radius 2 is 2.23 bits per heavy atom. The van der Waals surface area contributed by atoms with Gasteiger partial charge in [0.2, 0.25) is 0 Å². The molecule has 0 spiro atoms. The zero-order chi connectivity index (χ0) is 9.42. The fraction of sp³-hybridized carbons (Fsp3) is 0.222. The van der Waals surface area contributed by atoms with Crippen molar-refractivity contribution in [3.63, 3.8) is 0 Å². The van der Waals surface area contributed by atoms with Crippen molar-refractivity contribution in [1.82, 2.24) is 19.7 Å². The summed E-state index contributed by atoms with van der Waals surface area (Å²) in [6, 6.07) is 0. The van der Waals surface area contributed by atoms with E-state index < -0.39 is 0 Å². The van der Waals surface area contributed by atoms with E-state index in [0.29, 0.717) is 11.5 Å². The van der Waals surface area contributed by atoms with Crippen LogP contribution in [0.5, 0.6) is 0 Å². The van der Waals surface area contributed by atoms with Gasteiger partial charge in [-0.05, 0) is 12.8 Å². The minimum Gasteiger partial charge on any atom is -0.250 e. The average molecular weight is 172 g/mol. The molecule has 0 amide bonds. The summed E-state index contributed by atoms with van der Waals surface area (Å²) in [5.41, 5.74) is 1.39. The first-order valence-electron chi connectivity index (χ1n) is 3.85. The fourth-order valence-corrected chi connectivity index (χ4v) is 1.24. The monoisotopic (exact) mass is 172 g/mol. The van der Waals surface area contributed by atoms with Crippen LogP contribution in [-0.2, 0) is 7.05 Å². The van der Waals surface area contributed by atoms with Crippen LogP contribution < -0.4 is 0 Å². The molecule has 4 nitrogen and oxygen atoms in total. The largest absolute Gasteiger partial charge is 0.250 e. The van der Waals surface area contributed by atoms with Crippen molar-refractivity contribution in [2.45, 2.75) is 6.92 Å². The summed E-state index contributed by atoms with van der Waals surface area (Å²) in [6.07, 6.45) is 7.00. The van der Waals surface area contributed by atoms with E-state index in [9.17, 15) is 0 Å². The molecule has 0 atom stereocenters. The second-order valence-electron chi connectivity index (χ2n) is 2.77. The Labute approximate surface area is 75.6 Å². The fourth-order valence-electron chi connectivity index (χ4n) is 1.24. The number of nitrogens with zero attached hydrogens (tertiary/aromatic N) is 4. The molecule has 0 aliphatic carbocycles. The van der Waals surface area contributed by atoms with E-state index in [4.69, 9.17) is 6.42 Å². The lowest BCUT2D eigenvalue weighted by Crippen LogP contribution is -1.97. The number of hydrogen-bond donors (Lipinski definition) is 0. The molecular weight excluding hydrogens is 164 g/mol. The normalized spacial score (nSPS) is 10.2. The quantitative estimate of drug-likeness (QED) is 0.548. The number of aryl methyl sites for hydroxylation is 2. The molecule has 13 heavy (non-hydrogen) atoms. The van der Waals surface area contributed by atoms with Crippen LogP contribution in [0.3, 0.4) is 0 Å². The molecule has 4 heteroatoms. The highest BCUT2D eigenvalue weighted by Gasteiger charge is 2.06. The van der Waals surface area contributed by atoms with Crippen LogP contribution in [0.15, 0.2) is 6.20 Å². The minimum atomic E-state index is 0.607. The molecule has 0 aliphatic rings. The van der Waals surface area contributed by atoms with Gasteiger partial charge in [-0.2, -0.15) is 5.10 Å². The Morgan fingerprint density at radius 1 is 1.46 bits per heavy atom. The maximum atomic E-state index is 5.32. The van der Waals surface area contributed by atoms with Gasteiger partial charge in [-0.15, -0.1) is 6.42 Å².